The Morgan fingerprint density at radius 3 is 2.14 bits per heavy atom. The molecule has 10 nitrogen and oxygen atoms in total. The van der Waals surface area contributed by atoms with Gasteiger partial charge in [-0.15, -0.1) is 22.4 Å². The number of likely N-dealkylation sites (tertiary alicyclic amines) is 2. The zero-order chi connectivity index (χ0) is 26.6. The van der Waals surface area contributed by atoms with Crippen molar-refractivity contribution in [2.45, 2.75) is 58.2 Å². The predicted molar refractivity (Wildman–Crippen MR) is 180 cm³/mol. The molecule has 0 spiro atoms. The van der Waals surface area contributed by atoms with Gasteiger partial charge in [0, 0.05) is 30.7 Å². The number of halogens is 3. The van der Waals surface area contributed by atoms with Crippen molar-refractivity contribution in [3.05, 3.63) is 0 Å². The van der Waals surface area contributed by atoms with Gasteiger partial charge in [0.1, 0.15) is 27.6 Å². The van der Waals surface area contributed by atoms with Crippen LogP contribution in [0.15, 0.2) is 0 Å². The topological polar surface area (TPSA) is 124 Å². The molecular formula is C18H29B3I3N4O6P3. The Morgan fingerprint density at radius 2 is 1.70 bits per heavy atom. The van der Waals surface area contributed by atoms with E-state index in [1.807, 2.05) is 44.1 Å². The average molecular weight is 904 g/mol. The predicted octanol–water partition coefficient (Wildman–Crippen LogP) is 2.78. The number of ketones is 1. The van der Waals surface area contributed by atoms with E-state index >= 15 is 0 Å². The smallest absolute Gasteiger partial charge is 0.252 e. The van der Waals surface area contributed by atoms with Gasteiger partial charge in [-0.1, -0.05) is 69.8 Å². The Morgan fingerprint density at radius 1 is 1.14 bits per heavy atom. The van der Waals surface area contributed by atoms with Crippen LogP contribution >= 0.6 is 86.5 Å². The second-order valence-corrected chi connectivity index (χ2v) is 20.8. The number of hydrogen-bond donors (Lipinski definition) is 1. The normalized spacial score (nSPS) is 21.8. The van der Waals surface area contributed by atoms with E-state index in [1.165, 1.54) is 11.8 Å². The fraction of sp³-hybridized carbons (Fsp3) is 0.667. The fourth-order valence-corrected chi connectivity index (χ4v) is 8.81. The first kappa shape index (κ1) is 38.1. The SMILES string of the molecule is C.C.[B]P(I)C(CC(=O)N(CNCN1C(=O)CC(B(P)I)C1=O)CN1C(=O)CC(P([B])I)C1=O)C(C)=O. The van der Waals surface area contributed by atoms with Crippen molar-refractivity contribution in [3.8, 4) is 0 Å². The molecule has 6 unspecified atom stereocenters. The quantitative estimate of drug-likeness (QED) is 0.105. The number of Topliss-reactive ketones (excluding diaryl/α,β-unsaturated/α-hetero) is 1. The molecule has 0 aromatic carbocycles. The lowest BCUT2D eigenvalue weighted by Gasteiger charge is -2.30. The van der Waals surface area contributed by atoms with Crippen LogP contribution in [0.2, 0.25) is 5.82 Å². The first-order valence-electron chi connectivity index (χ1n) is 10.2. The summed E-state index contributed by atoms with van der Waals surface area (Å²) in [5.41, 5.74) is -3.78. The summed E-state index contributed by atoms with van der Waals surface area (Å²) in [5, 5.41) is 2.89. The molecular weight excluding hydrogens is 874 g/mol. The van der Waals surface area contributed by atoms with E-state index in [0.717, 1.165) is 9.80 Å². The number of nitrogens with zero attached hydrogens (tertiary/aromatic N) is 3. The molecule has 2 rings (SSSR count). The summed E-state index contributed by atoms with van der Waals surface area (Å²) < 4.78 is -0.0962. The average Bonchev–Trinajstić information content (AvgIpc) is 3.20. The second kappa shape index (κ2) is 17.1. The van der Waals surface area contributed by atoms with Crippen LogP contribution in [0, 0.1) is 0 Å². The van der Waals surface area contributed by atoms with Crippen molar-refractivity contribution < 1.29 is 28.8 Å². The Hall–Kier alpha value is 1.05. The highest BCUT2D eigenvalue weighted by atomic mass is 127. The lowest BCUT2D eigenvalue weighted by molar-refractivity contribution is -0.145. The lowest BCUT2D eigenvalue weighted by Crippen LogP contribution is -2.50. The molecule has 0 aromatic heterocycles. The Bertz CT molecular complexity index is 908. The first-order chi connectivity index (χ1) is 16.3. The van der Waals surface area contributed by atoms with E-state index < -0.39 is 45.7 Å². The highest BCUT2D eigenvalue weighted by Crippen LogP contribution is 2.49. The number of imide groups is 2. The van der Waals surface area contributed by atoms with Gasteiger partial charge < -0.3 is 4.90 Å². The van der Waals surface area contributed by atoms with Gasteiger partial charge in [0.25, 0.3) is 4.29 Å². The molecule has 37 heavy (non-hydrogen) atoms. The highest BCUT2D eigenvalue weighted by Gasteiger charge is 2.43. The number of carbonyl (C=O) groups is 6. The number of hydrogen-bond acceptors (Lipinski definition) is 7. The van der Waals surface area contributed by atoms with Crippen LogP contribution in [-0.4, -0.2) is 101 Å². The summed E-state index contributed by atoms with van der Waals surface area (Å²) in [5.74, 6) is -2.68. The summed E-state index contributed by atoms with van der Waals surface area (Å²) in [6.45, 7) is 0.730. The molecule has 0 bridgehead atoms. The molecule has 2 aliphatic rings. The van der Waals surface area contributed by atoms with E-state index in [-0.39, 0.29) is 76.0 Å². The summed E-state index contributed by atoms with van der Waals surface area (Å²) >= 11 is 5.94. The van der Waals surface area contributed by atoms with Gasteiger partial charge in [-0.05, 0) is 6.92 Å². The third-order valence-electron chi connectivity index (χ3n) is 5.55. The third-order valence-corrected chi connectivity index (χ3v) is 13.1. The maximum absolute atomic E-state index is 13.1. The number of nitrogens with one attached hydrogen (secondary N) is 1. The maximum Gasteiger partial charge on any atom is 0.252 e. The fourth-order valence-electron chi connectivity index (χ4n) is 3.51. The van der Waals surface area contributed by atoms with E-state index in [9.17, 15) is 28.8 Å². The summed E-state index contributed by atoms with van der Waals surface area (Å²) in [4.78, 5) is 78.5. The zero-order valence-electron chi connectivity index (χ0n) is 18.6. The number of carbonyl (C=O) groups excluding carboxylic acids is 6. The van der Waals surface area contributed by atoms with Crippen molar-refractivity contribution >= 4 is 141 Å². The molecule has 202 valence electrons. The van der Waals surface area contributed by atoms with E-state index in [4.69, 9.17) is 15.1 Å². The summed E-state index contributed by atoms with van der Waals surface area (Å²) in [6, 6.07) is 0. The summed E-state index contributed by atoms with van der Waals surface area (Å²) in [7, 11) is 14.3. The van der Waals surface area contributed by atoms with Gasteiger partial charge in [-0.2, -0.15) is 9.12 Å². The molecule has 5 amide bonds. The molecule has 2 heterocycles. The highest BCUT2D eigenvalue weighted by molar-refractivity contribution is 14.2. The lowest BCUT2D eigenvalue weighted by atomic mass is 9.84. The molecule has 19 heteroatoms. The van der Waals surface area contributed by atoms with Crippen molar-refractivity contribution in [2.75, 3.05) is 20.0 Å². The molecule has 0 aliphatic carbocycles. The minimum Gasteiger partial charge on any atom is -0.312 e. The van der Waals surface area contributed by atoms with Gasteiger partial charge in [-0.25, -0.2) is 0 Å². The van der Waals surface area contributed by atoms with Gasteiger partial charge in [0.05, 0.1) is 19.0 Å². The number of rotatable bonds is 12. The van der Waals surface area contributed by atoms with Crippen LogP contribution < -0.4 is 5.32 Å². The van der Waals surface area contributed by atoms with Crippen molar-refractivity contribution in [2.24, 2.45) is 0 Å². The van der Waals surface area contributed by atoms with E-state index in [0.29, 0.717) is 0 Å². The molecule has 0 saturated carbocycles. The van der Waals surface area contributed by atoms with Crippen LogP contribution in [0.4, 0.5) is 0 Å². The minimum absolute atomic E-state index is 0. The van der Waals surface area contributed by atoms with Gasteiger partial charge in [0.15, 0.2) is 0 Å². The van der Waals surface area contributed by atoms with Crippen LogP contribution in [0.1, 0.15) is 41.0 Å². The van der Waals surface area contributed by atoms with Crippen LogP contribution in [0.3, 0.4) is 0 Å². The van der Waals surface area contributed by atoms with Crippen LogP contribution in [-0.2, 0) is 28.8 Å². The van der Waals surface area contributed by atoms with Gasteiger partial charge >= 0.3 is 0 Å². The molecule has 6 atom stereocenters. The number of amides is 5. The Kier molecular flexibility index (Phi) is 17.6. The second-order valence-electron chi connectivity index (χ2n) is 7.96. The molecule has 4 radical (unpaired) electrons. The van der Waals surface area contributed by atoms with Crippen molar-refractivity contribution in [3.63, 3.8) is 0 Å². The maximum atomic E-state index is 13.1. The zero-order valence-corrected chi connectivity index (χ0v) is 28.0. The molecule has 2 saturated heterocycles. The van der Waals surface area contributed by atoms with Crippen molar-refractivity contribution in [1.29, 1.82) is 0 Å². The summed E-state index contributed by atoms with van der Waals surface area (Å²) in [6.07, 6.45) is -0.111. The van der Waals surface area contributed by atoms with Crippen molar-refractivity contribution in [1.82, 2.24) is 20.0 Å². The Labute approximate surface area is 265 Å². The van der Waals surface area contributed by atoms with Gasteiger partial charge in [-0.3, -0.25) is 43.9 Å². The van der Waals surface area contributed by atoms with E-state index in [1.54, 1.807) is 0 Å². The van der Waals surface area contributed by atoms with Gasteiger partial charge in [0.2, 0.25) is 29.5 Å². The first-order valence-corrected chi connectivity index (χ1v) is 20.7. The molecule has 1 N–H and O–H groups in total. The monoisotopic (exact) mass is 904 g/mol. The van der Waals surface area contributed by atoms with Crippen LogP contribution in [0.25, 0.3) is 0 Å². The van der Waals surface area contributed by atoms with Crippen LogP contribution in [0.5, 0.6) is 0 Å². The molecule has 2 aliphatic heterocycles. The molecule has 2 fully saturated rings. The third kappa shape index (κ3) is 10.1. The standard InChI is InChI=1S/C16H21B3I3N4O6P3.2CH4/c1-8(27)10(34(17)21)3-12(28)24(7-26-14(30)4-11(16(26)32)35(18)22)5-23-6-25-13(29)2-9(15(25)31)19(20)33;;/h9-11,23H,2-7,33H2,1H3;2*1H4. The minimum atomic E-state index is -1.26. The van der Waals surface area contributed by atoms with E-state index in [2.05, 4.69) is 36.8 Å². The molecule has 0 aromatic rings. The Balaban J connectivity index is 0.00000648. The largest absolute Gasteiger partial charge is 0.312 e.